The van der Waals surface area contributed by atoms with Crippen molar-refractivity contribution in [3.8, 4) is 0 Å². The maximum atomic E-state index is 11.0. The summed E-state index contributed by atoms with van der Waals surface area (Å²) in [5.74, 6) is -0.0996. The Balaban J connectivity index is 2.63. The SMILES string of the molecule is O=C1CN=Nc2cncnc21. The molecule has 0 aromatic carbocycles. The summed E-state index contributed by atoms with van der Waals surface area (Å²) in [4.78, 5) is 18.5. The number of hydrogen-bond acceptors (Lipinski definition) is 5. The Labute approximate surface area is 62.2 Å². The molecule has 0 amide bonds. The second kappa shape index (κ2) is 2.19. The molecule has 0 fully saturated rings. The fraction of sp³-hybridized carbons (Fsp3) is 0.167. The number of aromatic nitrogens is 2. The van der Waals surface area contributed by atoms with Gasteiger partial charge < -0.3 is 0 Å². The van der Waals surface area contributed by atoms with E-state index in [1.54, 1.807) is 0 Å². The first kappa shape index (κ1) is 6.09. The third-order valence-corrected chi connectivity index (χ3v) is 1.35. The number of Topliss-reactive ketones (excluding diaryl/α,β-unsaturated/α-hetero) is 1. The van der Waals surface area contributed by atoms with E-state index in [2.05, 4.69) is 20.2 Å². The van der Waals surface area contributed by atoms with Gasteiger partial charge in [0.15, 0.2) is 0 Å². The zero-order valence-electron chi connectivity index (χ0n) is 5.56. The first-order valence-electron chi connectivity index (χ1n) is 3.08. The van der Waals surface area contributed by atoms with E-state index in [1.807, 2.05) is 0 Å². The summed E-state index contributed by atoms with van der Waals surface area (Å²) in [5, 5.41) is 7.32. The number of carbonyl (C=O) groups excluding carboxylic acids is 1. The van der Waals surface area contributed by atoms with Crippen molar-refractivity contribution >= 4 is 11.5 Å². The van der Waals surface area contributed by atoms with Gasteiger partial charge in [0.2, 0.25) is 5.78 Å². The van der Waals surface area contributed by atoms with E-state index in [0.29, 0.717) is 11.4 Å². The summed E-state index contributed by atoms with van der Waals surface area (Å²) in [6.45, 7) is 0.101. The maximum absolute atomic E-state index is 11.0. The number of carbonyl (C=O) groups is 1. The minimum Gasteiger partial charge on any atom is -0.290 e. The number of rotatable bonds is 0. The maximum Gasteiger partial charge on any atom is 0.206 e. The van der Waals surface area contributed by atoms with E-state index in [1.165, 1.54) is 12.5 Å². The van der Waals surface area contributed by atoms with Crippen LogP contribution in [0.5, 0.6) is 0 Å². The standard InChI is InChI=1S/C6H4N4O/c11-5-2-9-10-4-1-7-3-8-6(4)5/h1,3H,2H2. The summed E-state index contributed by atoms with van der Waals surface area (Å²) in [6.07, 6.45) is 2.81. The summed E-state index contributed by atoms with van der Waals surface area (Å²) in [6, 6.07) is 0. The van der Waals surface area contributed by atoms with Gasteiger partial charge in [-0.05, 0) is 0 Å². The van der Waals surface area contributed by atoms with Gasteiger partial charge in [0.25, 0.3) is 0 Å². The highest BCUT2D eigenvalue weighted by Crippen LogP contribution is 2.19. The van der Waals surface area contributed by atoms with Gasteiger partial charge in [0.1, 0.15) is 24.3 Å². The Morgan fingerprint density at radius 3 is 3.18 bits per heavy atom. The monoisotopic (exact) mass is 148 g/mol. The molecule has 1 aromatic heterocycles. The van der Waals surface area contributed by atoms with E-state index in [-0.39, 0.29) is 12.3 Å². The van der Waals surface area contributed by atoms with Crippen molar-refractivity contribution in [3.05, 3.63) is 18.2 Å². The van der Waals surface area contributed by atoms with Crippen LogP contribution in [-0.4, -0.2) is 22.3 Å². The predicted octanol–water partition coefficient (Wildman–Crippen LogP) is 0.757. The molecule has 0 atom stereocenters. The molecular weight excluding hydrogens is 144 g/mol. The minimum absolute atomic E-state index is 0.0996. The Bertz CT molecular complexity index is 333. The molecule has 54 valence electrons. The fourth-order valence-corrected chi connectivity index (χ4v) is 0.861. The second-order valence-electron chi connectivity index (χ2n) is 2.08. The number of hydrogen-bond donors (Lipinski definition) is 0. The summed E-state index contributed by atoms with van der Waals surface area (Å²) in [5.41, 5.74) is 0.832. The molecule has 0 saturated heterocycles. The molecule has 0 unspecified atom stereocenters. The van der Waals surface area contributed by atoms with Crippen LogP contribution in [0.1, 0.15) is 10.5 Å². The van der Waals surface area contributed by atoms with Crippen molar-refractivity contribution in [2.24, 2.45) is 10.2 Å². The molecule has 0 saturated carbocycles. The van der Waals surface area contributed by atoms with Gasteiger partial charge in [0, 0.05) is 0 Å². The van der Waals surface area contributed by atoms with E-state index >= 15 is 0 Å². The summed E-state index contributed by atoms with van der Waals surface area (Å²) >= 11 is 0. The third-order valence-electron chi connectivity index (χ3n) is 1.35. The van der Waals surface area contributed by atoms with Crippen molar-refractivity contribution in [2.75, 3.05) is 6.54 Å². The van der Waals surface area contributed by atoms with Crippen LogP contribution in [0.3, 0.4) is 0 Å². The lowest BCUT2D eigenvalue weighted by atomic mass is 10.2. The topological polar surface area (TPSA) is 67.6 Å². The van der Waals surface area contributed by atoms with Crippen LogP contribution >= 0.6 is 0 Å². The Morgan fingerprint density at radius 1 is 1.45 bits per heavy atom. The van der Waals surface area contributed by atoms with Gasteiger partial charge in [-0.1, -0.05) is 0 Å². The van der Waals surface area contributed by atoms with E-state index in [4.69, 9.17) is 0 Å². The van der Waals surface area contributed by atoms with E-state index < -0.39 is 0 Å². The summed E-state index contributed by atoms with van der Waals surface area (Å²) in [7, 11) is 0. The average molecular weight is 148 g/mol. The van der Waals surface area contributed by atoms with Crippen molar-refractivity contribution in [2.45, 2.75) is 0 Å². The molecule has 0 spiro atoms. The molecule has 0 aliphatic carbocycles. The number of ketones is 1. The molecule has 1 aliphatic rings. The zero-order valence-corrected chi connectivity index (χ0v) is 5.56. The zero-order chi connectivity index (χ0) is 7.68. The van der Waals surface area contributed by atoms with Crippen molar-refractivity contribution in [1.82, 2.24) is 9.97 Å². The average Bonchev–Trinajstić information content (AvgIpc) is 2.06. The van der Waals surface area contributed by atoms with Gasteiger partial charge in [-0.3, -0.25) is 4.79 Å². The van der Waals surface area contributed by atoms with Crippen LogP contribution in [0.4, 0.5) is 5.69 Å². The van der Waals surface area contributed by atoms with Crippen LogP contribution in [0.2, 0.25) is 0 Å². The molecule has 1 aliphatic heterocycles. The predicted molar refractivity (Wildman–Crippen MR) is 35.7 cm³/mol. The summed E-state index contributed by atoms with van der Waals surface area (Å²) < 4.78 is 0. The van der Waals surface area contributed by atoms with Crippen LogP contribution < -0.4 is 0 Å². The van der Waals surface area contributed by atoms with Gasteiger partial charge in [-0.25, -0.2) is 9.97 Å². The van der Waals surface area contributed by atoms with Gasteiger partial charge >= 0.3 is 0 Å². The molecule has 2 rings (SSSR count). The lowest BCUT2D eigenvalue weighted by molar-refractivity contribution is 0.0993. The highest BCUT2D eigenvalue weighted by Gasteiger charge is 2.15. The van der Waals surface area contributed by atoms with Crippen LogP contribution in [0, 0.1) is 0 Å². The number of fused-ring (bicyclic) bond motifs is 1. The van der Waals surface area contributed by atoms with E-state index in [0.717, 1.165) is 0 Å². The largest absolute Gasteiger partial charge is 0.290 e. The molecule has 0 radical (unpaired) electrons. The lowest BCUT2D eigenvalue weighted by Crippen LogP contribution is -2.09. The van der Waals surface area contributed by atoms with Crippen molar-refractivity contribution < 1.29 is 4.79 Å². The number of nitrogens with zero attached hydrogens (tertiary/aromatic N) is 4. The smallest absolute Gasteiger partial charge is 0.206 e. The molecule has 11 heavy (non-hydrogen) atoms. The highest BCUT2D eigenvalue weighted by molar-refractivity contribution is 6.00. The normalized spacial score (nSPS) is 14.7. The second-order valence-corrected chi connectivity index (χ2v) is 2.08. The molecule has 5 heteroatoms. The Morgan fingerprint density at radius 2 is 2.36 bits per heavy atom. The van der Waals surface area contributed by atoms with Crippen LogP contribution in [0.25, 0.3) is 0 Å². The Hall–Kier alpha value is -1.65. The van der Waals surface area contributed by atoms with Crippen molar-refractivity contribution in [3.63, 3.8) is 0 Å². The molecule has 2 heterocycles. The first-order valence-corrected chi connectivity index (χ1v) is 3.08. The molecule has 0 N–H and O–H groups in total. The quantitative estimate of drug-likeness (QED) is 0.545. The van der Waals surface area contributed by atoms with Gasteiger partial charge in [-0.15, -0.1) is 0 Å². The van der Waals surface area contributed by atoms with Crippen LogP contribution in [0.15, 0.2) is 22.8 Å². The highest BCUT2D eigenvalue weighted by atomic mass is 16.1. The molecular formula is C6H4N4O. The van der Waals surface area contributed by atoms with Gasteiger partial charge in [-0.2, -0.15) is 10.2 Å². The molecule has 0 bridgehead atoms. The van der Waals surface area contributed by atoms with Gasteiger partial charge in [0.05, 0.1) is 6.20 Å². The van der Waals surface area contributed by atoms with E-state index in [9.17, 15) is 4.79 Å². The first-order chi connectivity index (χ1) is 5.38. The van der Waals surface area contributed by atoms with Crippen molar-refractivity contribution in [1.29, 1.82) is 0 Å². The van der Waals surface area contributed by atoms with Crippen LogP contribution in [-0.2, 0) is 0 Å². The lowest BCUT2D eigenvalue weighted by Gasteiger charge is -2.03. The number of azo groups is 1. The fourth-order valence-electron chi connectivity index (χ4n) is 0.861. The Kier molecular flexibility index (Phi) is 1.21. The minimum atomic E-state index is -0.0996. The third kappa shape index (κ3) is 0.899. The molecule has 1 aromatic rings. The molecule has 5 nitrogen and oxygen atoms in total.